The first-order valence-corrected chi connectivity index (χ1v) is 5.42. The van der Waals surface area contributed by atoms with Crippen molar-refractivity contribution in [3.8, 4) is 0 Å². The Kier molecular flexibility index (Phi) is 4.78. The molecule has 0 aromatic heterocycles. The Morgan fingerprint density at radius 2 is 2.23 bits per heavy atom. The van der Waals surface area contributed by atoms with Crippen LogP contribution in [0.2, 0.25) is 5.02 Å². The van der Waals surface area contributed by atoms with E-state index in [-0.39, 0.29) is 0 Å². The Hall–Kier alpha value is -0.0500. The molecule has 0 aliphatic carbocycles. The summed E-state index contributed by atoms with van der Waals surface area (Å²) in [7, 11) is 0. The molecule has 0 bridgehead atoms. The van der Waals surface area contributed by atoms with Gasteiger partial charge in [0.2, 0.25) is 0 Å². The molecule has 0 saturated carbocycles. The van der Waals surface area contributed by atoms with Crippen molar-refractivity contribution in [1.82, 2.24) is 0 Å². The number of ether oxygens (including phenoxy) is 1. The standard InChI is InChI=1S/C10H12BrClO/c1-2-13-6-5-8-7-9(11)3-4-10(8)12/h3-4,7H,2,5-6H2,1H3. The van der Waals surface area contributed by atoms with Crippen LogP contribution in [0.1, 0.15) is 12.5 Å². The first kappa shape index (κ1) is 11.0. The molecule has 3 heteroatoms. The lowest BCUT2D eigenvalue weighted by Gasteiger charge is -2.04. The minimum Gasteiger partial charge on any atom is -0.381 e. The van der Waals surface area contributed by atoms with Gasteiger partial charge in [-0.1, -0.05) is 27.5 Å². The highest BCUT2D eigenvalue weighted by molar-refractivity contribution is 9.10. The molecule has 0 aliphatic rings. The van der Waals surface area contributed by atoms with Crippen LogP contribution in [-0.4, -0.2) is 13.2 Å². The monoisotopic (exact) mass is 262 g/mol. The summed E-state index contributed by atoms with van der Waals surface area (Å²) in [4.78, 5) is 0. The molecule has 0 spiro atoms. The molecule has 0 fully saturated rings. The molecule has 72 valence electrons. The molecule has 0 N–H and O–H groups in total. The van der Waals surface area contributed by atoms with Crippen LogP contribution in [0.4, 0.5) is 0 Å². The summed E-state index contributed by atoms with van der Waals surface area (Å²) >= 11 is 9.40. The van der Waals surface area contributed by atoms with Gasteiger partial charge >= 0.3 is 0 Å². The molecule has 1 nitrogen and oxygen atoms in total. The fourth-order valence-corrected chi connectivity index (χ4v) is 1.68. The van der Waals surface area contributed by atoms with E-state index in [0.717, 1.165) is 34.7 Å². The lowest BCUT2D eigenvalue weighted by molar-refractivity contribution is 0.151. The minimum atomic E-state index is 0.729. The van der Waals surface area contributed by atoms with E-state index >= 15 is 0 Å². The van der Waals surface area contributed by atoms with Crippen LogP contribution < -0.4 is 0 Å². The van der Waals surface area contributed by atoms with Gasteiger partial charge in [-0.3, -0.25) is 0 Å². The SMILES string of the molecule is CCOCCc1cc(Br)ccc1Cl. The fraction of sp³-hybridized carbons (Fsp3) is 0.400. The topological polar surface area (TPSA) is 9.23 Å². The quantitative estimate of drug-likeness (QED) is 0.753. The second-order valence-electron chi connectivity index (χ2n) is 2.68. The van der Waals surface area contributed by atoms with Gasteiger partial charge in [0.15, 0.2) is 0 Å². The van der Waals surface area contributed by atoms with Gasteiger partial charge in [0, 0.05) is 16.1 Å². The Labute approximate surface area is 92.2 Å². The van der Waals surface area contributed by atoms with Crippen molar-refractivity contribution in [2.75, 3.05) is 13.2 Å². The van der Waals surface area contributed by atoms with E-state index in [4.69, 9.17) is 16.3 Å². The van der Waals surface area contributed by atoms with Crippen molar-refractivity contribution in [3.63, 3.8) is 0 Å². The van der Waals surface area contributed by atoms with E-state index in [0.29, 0.717) is 0 Å². The predicted octanol–water partition coefficient (Wildman–Crippen LogP) is 3.68. The first-order valence-electron chi connectivity index (χ1n) is 4.25. The first-order chi connectivity index (χ1) is 6.24. The van der Waals surface area contributed by atoms with Crippen LogP contribution in [0.5, 0.6) is 0 Å². The molecular formula is C10H12BrClO. The van der Waals surface area contributed by atoms with Gasteiger partial charge in [0.1, 0.15) is 0 Å². The number of halogens is 2. The molecule has 0 aliphatic heterocycles. The van der Waals surface area contributed by atoms with Gasteiger partial charge in [-0.05, 0) is 37.1 Å². The number of benzene rings is 1. The van der Waals surface area contributed by atoms with E-state index < -0.39 is 0 Å². The van der Waals surface area contributed by atoms with Gasteiger partial charge in [0.25, 0.3) is 0 Å². The zero-order valence-corrected chi connectivity index (χ0v) is 9.86. The van der Waals surface area contributed by atoms with E-state index in [2.05, 4.69) is 15.9 Å². The highest BCUT2D eigenvalue weighted by Gasteiger charge is 2.00. The van der Waals surface area contributed by atoms with Crippen LogP contribution in [0.3, 0.4) is 0 Å². The number of hydrogen-bond acceptors (Lipinski definition) is 1. The van der Waals surface area contributed by atoms with Crippen LogP contribution >= 0.6 is 27.5 Å². The second kappa shape index (κ2) is 5.63. The molecule has 0 amide bonds. The van der Waals surface area contributed by atoms with Crippen molar-refractivity contribution in [1.29, 1.82) is 0 Å². The van der Waals surface area contributed by atoms with E-state index in [1.54, 1.807) is 0 Å². The van der Waals surface area contributed by atoms with Crippen molar-refractivity contribution >= 4 is 27.5 Å². The van der Waals surface area contributed by atoms with Crippen molar-refractivity contribution in [2.24, 2.45) is 0 Å². The number of hydrogen-bond donors (Lipinski definition) is 0. The van der Waals surface area contributed by atoms with Gasteiger partial charge in [-0.2, -0.15) is 0 Å². The smallest absolute Gasteiger partial charge is 0.0506 e. The minimum absolute atomic E-state index is 0.729. The summed E-state index contributed by atoms with van der Waals surface area (Å²) in [5.41, 5.74) is 1.13. The maximum Gasteiger partial charge on any atom is 0.0506 e. The molecule has 13 heavy (non-hydrogen) atoms. The molecule has 1 aromatic rings. The van der Waals surface area contributed by atoms with Crippen LogP contribution in [-0.2, 0) is 11.2 Å². The van der Waals surface area contributed by atoms with Gasteiger partial charge in [-0.15, -0.1) is 0 Å². The molecule has 0 radical (unpaired) electrons. The third-order valence-corrected chi connectivity index (χ3v) is 2.59. The van der Waals surface area contributed by atoms with Gasteiger partial charge < -0.3 is 4.74 Å². The van der Waals surface area contributed by atoms with Crippen LogP contribution in [0.25, 0.3) is 0 Å². The number of rotatable bonds is 4. The Balaban J connectivity index is 2.59. The molecule has 1 rings (SSSR count). The summed E-state index contributed by atoms with van der Waals surface area (Å²) in [6, 6.07) is 5.86. The van der Waals surface area contributed by atoms with E-state index in [9.17, 15) is 0 Å². The van der Waals surface area contributed by atoms with E-state index in [1.165, 1.54) is 0 Å². The van der Waals surface area contributed by atoms with Gasteiger partial charge in [-0.25, -0.2) is 0 Å². The predicted molar refractivity (Wildman–Crippen MR) is 59.3 cm³/mol. The van der Waals surface area contributed by atoms with Crippen LogP contribution in [0, 0.1) is 0 Å². The largest absolute Gasteiger partial charge is 0.381 e. The summed E-state index contributed by atoms with van der Waals surface area (Å²) < 4.78 is 6.32. The lowest BCUT2D eigenvalue weighted by atomic mass is 10.2. The van der Waals surface area contributed by atoms with Crippen molar-refractivity contribution < 1.29 is 4.74 Å². The molecule has 0 unspecified atom stereocenters. The maximum absolute atomic E-state index is 6.00. The third-order valence-electron chi connectivity index (χ3n) is 1.73. The summed E-state index contributed by atoms with van der Waals surface area (Å²) in [6.07, 6.45) is 0.867. The van der Waals surface area contributed by atoms with E-state index in [1.807, 2.05) is 25.1 Å². The third kappa shape index (κ3) is 3.67. The maximum atomic E-state index is 6.00. The van der Waals surface area contributed by atoms with Crippen LogP contribution in [0.15, 0.2) is 22.7 Å². The van der Waals surface area contributed by atoms with Crippen molar-refractivity contribution in [3.05, 3.63) is 33.3 Å². The molecule has 0 atom stereocenters. The molecule has 1 aromatic carbocycles. The summed E-state index contributed by atoms with van der Waals surface area (Å²) in [6.45, 7) is 3.47. The molecule has 0 heterocycles. The van der Waals surface area contributed by atoms with Crippen molar-refractivity contribution in [2.45, 2.75) is 13.3 Å². The lowest BCUT2D eigenvalue weighted by Crippen LogP contribution is -1.98. The normalized spacial score (nSPS) is 10.4. The second-order valence-corrected chi connectivity index (χ2v) is 4.01. The summed E-state index contributed by atoms with van der Waals surface area (Å²) in [5, 5.41) is 0.808. The Morgan fingerprint density at radius 3 is 2.92 bits per heavy atom. The Morgan fingerprint density at radius 1 is 1.46 bits per heavy atom. The average molecular weight is 264 g/mol. The van der Waals surface area contributed by atoms with Gasteiger partial charge in [0.05, 0.1) is 6.61 Å². The summed E-state index contributed by atoms with van der Waals surface area (Å²) in [5.74, 6) is 0. The fourth-order valence-electron chi connectivity index (χ4n) is 1.06. The Bertz CT molecular complexity index is 276. The molecular weight excluding hydrogens is 251 g/mol. The zero-order chi connectivity index (χ0) is 9.68. The highest BCUT2D eigenvalue weighted by atomic mass is 79.9. The highest BCUT2D eigenvalue weighted by Crippen LogP contribution is 2.21. The average Bonchev–Trinajstić information content (AvgIpc) is 2.11. The molecule has 0 saturated heterocycles. The zero-order valence-electron chi connectivity index (χ0n) is 7.52.